The summed E-state index contributed by atoms with van der Waals surface area (Å²) in [6.07, 6.45) is -5.03. The molecule has 1 aliphatic carbocycles. The monoisotopic (exact) mass is 406 g/mol. The van der Waals surface area contributed by atoms with Crippen molar-refractivity contribution in [2.75, 3.05) is 0 Å². The summed E-state index contributed by atoms with van der Waals surface area (Å²) >= 11 is 0. The maximum absolute atomic E-state index is 13.4. The number of carboxylic acids is 1. The Bertz CT molecular complexity index is 881. The topological polar surface area (TPSA) is 151 Å². The highest BCUT2D eigenvalue weighted by Gasteiger charge is 2.65. The van der Waals surface area contributed by atoms with E-state index < -0.39 is 66.0 Å². The molecule has 0 saturated carbocycles. The lowest BCUT2D eigenvalue weighted by molar-refractivity contribution is -0.381. The highest BCUT2D eigenvalue weighted by atomic mass is 16.7. The molecule has 9 heteroatoms. The van der Waals surface area contributed by atoms with E-state index in [4.69, 9.17) is 9.47 Å². The first-order valence-electron chi connectivity index (χ1n) is 9.49. The van der Waals surface area contributed by atoms with E-state index in [0.29, 0.717) is 0 Å². The van der Waals surface area contributed by atoms with E-state index in [9.17, 15) is 34.8 Å². The molecular weight excluding hydrogens is 384 g/mol. The van der Waals surface area contributed by atoms with Crippen molar-refractivity contribution >= 4 is 17.5 Å². The molecule has 3 aliphatic rings. The number of fused-ring (bicyclic) bond motifs is 3. The summed E-state index contributed by atoms with van der Waals surface area (Å²) in [5.41, 5.74) is -0.136. The molecule has 29 heavy (non-hydrogen) atoms. The lowest BCUT2D eigenvalue weighted by atomic mass is 9.64. The normalized spacial score (nSPS) is 39.1. The predicted octanol–water partition coefficient (Wildman–Crippen LogP) is 0.494. The molecule has 0 aromatic heterocycles. The Hall–Kier alpha value is -2.33. The number of Topliss-reactive ketones (excluding diaryl/α,β-unsaturated/α-hetero) is 2. The Morgan fingerprint density at radius 3 is 2.59 bits per heavy atom. The number of benzene rings is 1. The van der Waals surface area contributed by atoms with Crippen LogP contribution in [0.25, 0.3) is 0 Å². The maximum Gasteiger partial charge on any atom is 0.305 e. The van der Waals surface area contributed by atoms with Crippen LogP contribution in [0.15, 0.2) is 18.2 Å². The Morgan fingerprint density at radius 2 is 1.90 bits per heavy atom. The van der Waals surface area contributed by atoms with Gasteiger partial charge in [0, 0.05) is 17.9 Å². The molecule has 1 aromatic carbocycles. The minimum Gasteiger partial charge on any atom is -0.507 e. The van der Waals surface area contributed by atoms with Gasteiger partial charge in [-0.1, -0.05) is 12.1 Å². The van der Waals surface area contributed by atoms with Gasteiger partial charge in [-0.25, -0.2) is 0 Å². The molecule has 156 valence electrons. The standard InChI is InChI=1S/C20H22O9/c1-8-5-13(22)19(27)20(28-8)16-11(6-9(29-20)7-14(23)24)17(25)10-3-2-4-12(21)15(10)18(16)26/h2-4,8-9,11,13,16,19,21-22,27H,5-7H2,1H3,(H,23,24)/t8-,9+,11?,13-,16?,19+,20?/m1/s1. The van der Waals surface area contributed by atoms with Crippen LogP contribution in [-0.4, -0.2) is 68.2 Å². The van der Waals surface area contributed by atoms with E-state index in [0.717, 1.165) is 0 Å². The largest absolute Gasteiger partial charge is 0.507 e. The fraction of sp³-hybridized carbons (Fsp3) is 0.550. The summed E-state index contributed by atoms with van der Waals surface area (Å²) < 4.78 is 11.7. The van der Waals surface area contributed by atoms with Gasteiger partial charge in [-0.05, 0) is 19.4 Å². The van der Waals surface area contributed by atoms with Gasteiger partial charge in [-0.15, -0.1) is 0 Å². The summed E-state index contributed by atoms with van der Waals surface area (Å²) in [7, 11) is 0. The Kier molecular flexibility index (Phi) is 4.73. The third-order valence-corrected chi connectivity index (χ3v) is 6.01. The second-order valence-corrected chi connectivity index (χ2v) is 7.98. The van der Waals surface area contributed by atoms with E-state index in [-0.39, 0.29) is 29.7 Å². The molecule has 0 bridgehead atoms. The first-order valence-corrected chi connectivity index (χ1v) is 9.49. The van der Waals surface area contributed by atoms with Gasteiger partial charge in [0.05, 0.1) is 36.2 Å². The first kappa shape index (κ1) is 20.0. The fourth-order valence-corrected chi connectivity index (χ4v) is 4.91. The number of phenolic OH excluding ortho intramolecular Hbond substituents is 1. The molecule has 3 unspecified atom stereocenters. The number of aliphatic hydroxyl groups is 2. The number of ketones is 2. The van der Waals surface area contributed by atoms with Crippen LogP contribution in [0.1, 0.15) is 46.9 Å². The highest BCUT2D eigenvalue weighted by Crippen LogP contribution is 2.51. The minimum absolute atomic E-state index is 0.0428. The molecule has 0 amide bonds. The van der Waals surface area contributed by atoms with Crippen LogP contribution in [0.3, 0.4) is 0 Å². The molecule has 2 heterocycles. The van der Waals surface area contributed by atoms with Crippen molar-refractivity contribution < 1.29 is 44.3 Å². The summed E-state index contributed by atoms with van der Waals surface area (Å²) in [5, 5.41) is 40.6. The number of ether oxygens (including phenoxy) is 2. The summed E-state index contributed by atoms with van der Waals surface area (Å²) in [6.45, 7) is 1.62. The maximum atomic E-state index is 13.4. The van der Waals surface area contributed by atoms with Crippen LogP contribution in [0.4, 0.5) is 0 Å². The van der Waals surface area contributed by atoms with Gasteiger partial charge in [0.1, 0.15) is 11.9 Å². The molecular formula is C20H22O9. The average Bonchev–Trinajstić information content (AvgIpc) is 2.63. The van der Waals surface area contributed by atoms with Crippen molar-refractivity contribution in [1.29, 1.82) is 0 Å². The zero-order chi connectivity index (χ0) is 21.1. The zero-order valence-electron chi connectivity index (χ0n) is 15.6. The van der Waals surface area contributed by atoms with Gasteiger partial charge in [0.15, 0.2) is 11.6 Å². The van der Waals surface area contributed by atoms with Crippen LogP contribution in [-0.2, 0) is 14.3 Å². The highest BCUT2D eigenvalue weighted by molar-refractivity contribution is 6.17. The number of aromatic hydroxyl groups is 1. The van der Waals surface area contributed by atoms with E-state index in [1.54, 1.807) is 6.92 Å². The number of hydrogen-bond acceptors (Lipinski definition) is 8. The number of carbonyl (C=O) groups excluding carboxylic acids is 2. The predicted molar refractivity (Wildman–Crippen MR) is 95.4 cm³/mol. The molecule has 2 fully saturated rings. The SMILES string of the molecule is C[C@@H]1C[C@@H](O)[C@H](O)C2(O[C@H](CC(=O)O)CC3C(=O)c4cccc(O)c4C(=O)C32)O1. The summed E-state index contributed by atoms with van der Waals surface area (Å²) in [4.78, 5) is 37.9. The van der Waals surface area contributed by atoms with Gasteiger partial charge >= 0.3 is 5.97 Å². The number of hydrogen-bond donors (Lipinski definition) is 4. The van der Waals surface area contributed by atoms with Crippen LogP contribution < -0.4 is 0 Å². The van der Waals surface area contributed by atoms with E-state index in [2.05, 4.69) is 0 Å². The second-order valence-electron chi connectivity index (χ2n) is 7.98. The van der Waals surface area contributed by atoms with Crippen molar-refractivity contribution in [3.63, 3.8) is 0 Å². The number of carbonyl (C=O) groups is 3. The van der Waals surface area contributed by atoms with Crippen molar-refractivity contribution in [3.8, 4) is 5.75 Å². The molecule has 2 saturated heterocycles. The Morgan fingerprint density at radius 1 is 1.17 bits per heavy atom. The fourth-order valence-electron chi connectivity index (χ4n) is 4.91. The Balaban J connectivity index is 1.88. The first-order chi connectivity index (χ1) is 13.7. The molecule has 0 radical (unpaired) electrons. The van der Waals surface area contributed by atoms with Gasteiger partial charge < -0.3 is 29.9 Å². The summed E-state index contributed by atoms with van der Waals surface area (Å²) in [5.74, 6) is -7.07. The van der Waals surface area contributed by atoms with E-state index in [1.165, 1.54) is 18.2 Å². The number of aliphatic carboxylic acids is 1. The van der Waals surface area contributed by atoms with Crippen LogP contribution in [0.2, 0.25) is 0 Å². The zero-order valence-corrected chi connectivity index (χ0v) is 15.6. The number of phenols is 1. The molecule has 1 aromatic rings. The summed E-state index contributed by atoms with van der Waals surface area (Å²) in [6, 6.07) is 4.15. The third kappa shape index (κ3) is 2.96. The van der Waals surface area contributed by atoms with Gasteiger partial charge in [-0.2, -0.15) is 0 Å². The average molecular weight is 406 g/mol. The van der Waals surface area contributed by atoms with E-state index in [1.807, 2.05) is 0 Å². The molecule has 9 nitrogen and oxygen atoms in total. The Labute approximate surface area is 165 Å². The molecule has 2 aliphatic heterocycles. The molecule has 7 atom stereocenters. The van der Waals surface area contributed by atoms with Gasteiger partial charge in [0.2, 0.25) is 5.79 Å². The lowest BCUT2D eigenvalue weighted by Gasteiger charge is -2.55. The number of rotatable bonds is 2. The van der Waals surface area contributed by atoms with E-state index >= 15 is 0 Å². The minimum atomic E-state index is -2.09. The van der Waals surface area contributed by atoms with Crippen molar-refractivity contribution in [2.24, 2.45) is 11.8 Å². The lowest BCUT2D eigenvalue weighted by Crippen LogP contribution is -2.70. The van der Waals surface area contributed by atoms with Crippen LogP contribution in [0, 0.1) is 11.8 Å². The molecule has 4 rings (SSSR count). The second kappa shape index (κ2) is 6.88. The van der Waals surface area contributed by atoms with Gasteiger partial charge in [0.25, 0.3) is 0 Å². The smallest absolute Gasteiger partial charge is 0.305 e. The molecule has 4 N–H and O–H groups in total. The van der Waals surface area contributed by atoms with Crippen LogP contribution in [0.5, 0.6) is 5.75 Å². The third-order valence-electron chi connectivity index (χ3n) is 6.01. The number of carboxylic acid groups (broad SMARTS) is 1. The van der Waals surface area contributed by atoms with Crippen molar-refractivity contribution in [2.45, 2.75) is 56.4 Å². The van der Waals surface area contributed by atoms with Gasteiger partial charge in [-0.3, -0.25) is 14.4 Å². The number of aliphatic hydroxyl groups excluding tert-OH is 2. The van der Waals surface area contributed by atoms with Crippen molar-refractivity contribution in [1.82, 2.24) is 0 Å². The van der Waals surface area contributed by atoms with Crippen molar-refractivity contribution in [3.05, 3.63) is 29.3 Å². The van der Waals surface area contributed by atoms with Crippen LogP contribution >= 0.6 is 0 Å². The molecule has 1 spiro atoms. The quantitative estimate of drug-likeness (QED) is 0.550.